The van der Waals surface area contributed by atoms with E-state index in [0.717, 1.165) is 16.3 Å². The third-order valence-corrected chi connectivity index (χ3v) is 4.11. The van der Waals surface area contributed by atoms with E-state index >= 15 is 0 Å². The van der Waals surface area contributed by atoms with Crippen molar-refractivity contribution in [3.05, 3.63) is 45.4 Å². The van der Waals surface area contributed by atoms with Crippen molar-refractivity contribution in [1.82, 2.24) is 4.98 Å². The zero-order chi connectivity index (χ0) is 15.4. The largest absolute Gasteiger partial charge is 0.306 e. The van der Waals surface area contributed by atoms with Gasteiger partial charge in [-0.1, -0.05) is 6.07 Å². The summed E-state index contributed by atoms with van der Waals surface area (Å²) < 4.78 is 0. The van der Waals surface area contributed by atoms with E-state index in [-0.39, 0.29) is 5.91 Å². The van der Waals surface area contributed by atoms with E-state index in [1.165, 1.54) is 16.9 Å². The molecular weight excluding hydrogens is 282 g/mol. The minimum absolute atomic E-state index is 0.155. The van der Waals surface area contributed by atoms with E-state index in [1.807, 2.05) is 39.0 Å². The highest BCUT2D eigenvalue weighted by molar-refractivity contribution is 7.09. The van der Waals surface area contributed by atoms with Gasteiger partial charge in [0.2, 0.25) is 0 Å². The average Bonchev–Trinajstić information content (AvgIpc) is 2.89. The van der Waals surface area contributed by atoms with E-state index in [4.69, 9.17) is 5.26 Å². The molecule has 0 fully saturated rings. The molecule has 0 atom stereocenters. The second-order valence-electron chi connectivity index (χ2n) is 4.89. The zero-order valence-electron chi connectivity index (χ0n) is 12.4. The van der Waals surface area contributed by atoms with E-state index in [9.17, 15) is 4.79 Å². The maximum absolute atomic E-state index is 12.6. The fraction of sp³-hybridized carbons (Fsp3) is 0.312. The lowest BCUT2D eigenvalue weighted by Gasteiger charge is -2.21. The Kier molecular flexibility index (Phi) is 4.71. The van der Waals surface area contributed by atoms with Crippen molar-refractivity contribution in [3.63, 3.8) is 0 Å². The first-order valence-corrected chi connectivity index (χ1v) is 7.59. The molecule has 0 saturated heterocycles. The predicted molar refractivity (Wildman–Crippen MR) is 84.7 cm³/mol. The maximum Gasteiger partial charge on any atom is 0.277 e. The zero-order valence-corrected chi connectivity index (χ0v) is 13.2. The number of amides is 1. The highest BCUT2D eigenvalue weighted by atomic mass is 32.1. The van der Waals surface area contributed by atoms with Gasteiger partial charge < -0.3 is 4.90 Å². The van der Waals surface area contributed by atoms with Crippen LogP contribution in [0.25, 0.3) is 0 Å². The van der Waals surface area contributed by atoms with Crippen LogP contribution in [0, 0.1) is 32.1 Å². The van der Waals surface area contributed by atoms with E-state index in [2.05, 4.69) is 11.1 Å². The smallest absolute Gasteiger partial charge is 0.277 e. The van der Waals surface area contributed by atoms with Crippen LogP contribution in [0.5, 0.6) is 0 Å². The Hall–Kier alpha value is -2.19. The molecule has 5 heteroatoms. The summed E-state index contributed by atoms with van der Waals surface area (Å²) in [5, 5.41) is 11.4. The van der Waals surface area contributed by atoms with Crippen LogP contribution in [0.4, 0.5) is 5.69 Å². The van der Waals surface area contributed by atoms with Crippen LogP contribution < -0.4 is 4.90 Å². The number of hydrogen-bond acceptors (Lipinski definition) is 4. The van der Waals surface area contributed by atoms with Gasteiger partial charge in [0.05, 0.1) is 17.5 Å². The van der Waals surface area contributed by atoms with Gasteiger partial charge in [-0.3, -0.25) is 4.79 Å². The summed E-state index contributed by atoms with van der Waals surface area (Å²) in [6, 6.07) is 7.97. The van der Waals surface area contributed by atoms with Crippen LogP contribution >= 0.6 is 11.3 Å². The van der Waals surface area contributed by atoms with Crippen LogP contribution in [0.3, 0.4) is 0 Å². The molecule has 0 bridgehead atoms. The van der Waals surface area contributed by atoms with Crippen molar-refractivity contribution in [1.29, 1.82) is 5.26 Å². The Balaban J connectivity index is 2.35. The third kappa shape index (κ3) is 3.47. The molecule has 0 N–H and O–H groups in total. The predicted octanol–water partition coefficient (Wildman–Crippen LogP) is 3.63. The lowest BCUT2D eigenvalue weighted by atomic mass is 10.1. The van der Waals surface area contributed by atoms with Gasteiger partial charge in [-0.15, -0.1) is 11.3 Å². The second-order valence-corrected chi connectivity index (χ2v) is 5.95. The number of aromatic nitrogens is 1. The third-order valence-electron chi connectivity index (χ3n) is 3.33. The molecule has 4 nitrogen and oxygen atoms in total. The number of thiazole rings is 1. The minimum atomic E-state index is -0.155. The van der Waals surface area contributed by atoms with Crippen LogP contribution in [0.1, 0.15) is 33.0 Å². The van der Waals surface area contributed by atoms with Gasteiger partial charge in [-0.2, -0.15) is 5.26 Å². The summed E-state index contributed by atoms with van der Waals surface area (Å²) in [6.45, 7) is 6.29. The molecule has 1 aromatic heterocycles. The number of hydrogen-bond donors (Lipinski definition) is 0. The summed E-state index contributed by atoms with van der Waals surface area (Å²) in [6.07, 6.45) is 0.293. The van der Waals surface area contributed by atoms with Crippen molar-refractivity contribution < 1.29 is 4.79 Å². The topological polar surface area (TPSA) is 57.0 Å². The Labute approximate surface area is 128 Å². The second kappa shape index (κ2) is 6.51. The molecular formula is C16H17N3OS. The normalized spacial score (nSPS) is 10.2. The first-order valence-electron chi connectivity index (χ1n) is 6.71. The molecule has 0 aliphatic heterocycles. The molecule has 2 aromatic rings. The molecule has 1 heterocycles. The number of benzene rings is 1. The molecule has 1 amide bonds. The van der Waals surface area contributed by atoms with Crippen molar-refractivity contribution in [2.75, 3.05) is 11.4 Å². The maximum atomic E-state index is 12.6. The molecule has 2 rings (SSSR count). The molecule has 0 aliphatic carbocycles. The lowest BCUT2D eigenvalue weighted by molar-refractivity contribution is 0.0983. The van der Waals surface area contributed by atoms with Gasteiger partial charge in [-0.25, -0.2) is 4.98 Å². The number of nitriles is 1. The molecule has 0 spiro atoms. The Morgan fingerprint density at radius 1 is 1.33 bits per heavy atom. The average molecular weight is 299 g/mol. The SMILES string of the molecule is Cc1nc(C(=O)N(CCC#N)c2ccc(C)c(C)c2)cs1. The summed E-state index contributed by atoms with van der Waals surface area (Å²) in [5.41, 5.74) is 3.55. The molecule has 21 heavy (non-hydrogen) atoms. The van der Waals surface area contributed by atoms with E-state index in [0.29, 0.717) is 18.7 Å². The van der Waals surface area contributed by atoms with Crippen molar-refractivity contribution in [3.8, 4) is 6.07 Å². The summed E-state index contributed by atoms with van der Waals surface area (Å²) in [7, 11) is 0. The fourth-order valence-electron chi connectivity index (χ4n) is 2.00. The molecule has 0 radical (unpaired) electrons. The number of rotatable bonds is 4. The first-order chi connectivity index (χ1) is 10.0. The number of aryl methyl sites for hydroxylation is 3. The number of carbonyl (C=O) groups is 1. The Bertz CT molecular complexity index is 700. The van der Waals surface area contributed by atoms with Gasteiger partial charge >= 0.3 is 0 Å². The number of nitrogens with zero attached hydrogens (tertiary/aromatic N) is 3. The molecule has 0 unspecified atom stereocenters. The van der Waals surface area contributed by atoms with Crippen molar-refractivity contribution in [2.24, 2.45) is 0 Å². The molecule has 0 aliphatic rings. The van der Waals surface area contributed by atoms with E-state index < -0.39 is 0 Å². The van der Waals surface area contributed by atoms with Gasteiger partial charge in [0, 0.05) is 17.6 Å². The Morgan fingerprint density at radius 3 is 2.67 bits per heavy atom. The quantitative estimate of drug-likeness (QED) is 0.866. The number of anilines is 1. The van der Waals surface area contributed by atoms with Crippen LogP contribution in [-0.4, -0.2) is 17.4 Å². The minimum Gasteiger partial charge on any atom is -0.306 e. The van der Waals surface area contributed by atoms with Gasteiger partial charge in [0.1, 0.15) is 5.69 Å². The summed E-state index contributed by atoms with van der Waals surface area (Å²) in [5.74, 6) is -0.155. The van der Waals surface area contributed by atoms with Gasteiger partial charge in [-0.05, 0) is 44.0 Å². The van der Waals surface area contributed by atoms with Crippen molar-refractivity contribution in [2.45, 2.75) is 27.2 Å². The standard InChI is InChI=1S/C16H17N3OS/c1-11-5-6-14(9-12(11)2)19(8-4-7-17)16(20)15-10-21-13(3)18-15/h5-6,9-10H,4,8H2,1-3H3. The summed E-state index contributed by atoms with van der Waals surface area (Å²) >= 11 is 1.45. The lowest BCUT2D eigenvalue weighted by Crippen LogP contribution is -2.32. The van der Waals surface area contributed by atoms with Gasteiger partial charge in [0.25, 0.3) is 5.91 Å². The van der Waals surface area contributed by atoms with E-state index in [1.54, 1.807) is 10.3 Å². The fourth-order valence-corrected chi connectivity index (χ4v) is 2.59. The van der Waals surface area contributed by atoms with Crippen LogP contribution in [0.15, 0.2) is 23.6 Å². The molecule has 108 valence electrons. The Morgan fingerprint density at radius 2 is 2.10 bits per heavy atom. The highest BCUT2D eigenvalue weighted by Gasteiger charge is 2.20. The van der Waals surface area contributed by atoms with Crippen LogP contribution in [0.2, 0.25) is 0 Å². The molecule has 1 aromatic carbocycles. The first kappa shape index (κ1) is 15.2. The number of carbonyl (C=O) groups excluding carboxylic acids is 1. The van der Waals surface area contributed by atoms with Crippen molar-refractivity contribution >= 4 is 22.9 Å². The highest BCUT2D eigenvalue weighted by Crippen LogP contribution is 2.22. The summed E-state index contributed by atoms with van der Waals surface area (Å²) in [4.78, 5) is 18.5. The molecule has 0 saturated carbocycles. The van der Waals surface area contributed by atoms with Crippen LogP contribution in [-0.2, 0) is 0 Å². The van der Waals surface area contributed by atoms with Gasteiger partial charge in [0.15, 0.2) is 0 Å². The monoisotopic (exact) mass is 299 g/mol.